The van der Waals surface area contributed by atoms with Gasteiger partial charge in [0.15, 0.2) is 0 Å². The number of hydrogen-bond donors (Lipinski definition) is 1. The highest BCUT2D eigenvalue weighted by Crippen LogP contribution is 2.13. The van der Waals surface area contributed by atoms with Crippen LogP contribution in [0.25, 0.3) is 5.65 Å². The van der Waals surface area contributed by atoms with E-state index in [1.54, 1.807) is 0 Å². The molecule has 1 aliphatic heterocycles. The van der Waals surface area contributed by atoms with Crippen LogP contribution in [0.1, 0.15) is 11.3 Å². The standard InChI is InChI=1S/C19H23N5/c20-17-6-7-19-21-18(15-24(19)13-17)14-23-10-8-22(9-11-23)12-16-4-2-1-3-5-16/h1-7,13,15H,8-12,14,20H2. The summed E-state index contributed by atoms with van der Waals surface area (Å²) < 4.78 is 2.01. The molecule has 24 heavy (non-hydrogen) atoms. The van der Waals surface area contributed by atoms with E-state index < -0.39 is 0 Å². The fourth-order valence-electron chi connectivity index (χ4n) is 3.31. The summed E-state index contributed by atoms with van der Waals surface area (Å²) >= 11 is 0. The third-order valence-corrected chi connectivity index (χ3v) is 4.62. The van der Waals surface area contributed by atoms with Crippen LogP contribution in [0, 0.1) is 0 Å². The minimum atomic E-state index is 0.765. The minimum Gasteiger partial charge on any atom is -0.398 e. The molecule has 0 atom stereocenters. The maximum Gasteiger partial charge on any atom is 0.137 e. The summed E-state index contributed by atoms with van der Waals surface area (Å²) in [5.74, 6) is 0. The van der Waals surface area contributed by atoms with Crippen molar-refractivity contribution < 1.29 is 0 Å². The molecule has 5 heteroatoms. The lowest BCUT2D eigenvalue weighted by Crippen LogP contribution is -2.45. The summed E-state index contributed by atoms with van der Waals surface area (Å²) in [6, 6.07) is 14.6. The number of anilines is 1. The number of fused-ring (bicyclic) bond motifs is 1. The van der Waals surface area contributed by atoms with Crippen molar-refractivity contribution in [3.8, 4) is 0 Å². The van der Waals surface area contributed by atoms with Gasteiger partial charge in [-0.25, -0.2) is 4.98 Å². The van der Waals surface area contributed by atoms with Gasteiger partial charge in [-0.2, -0.15) is 0 Å². The molecule has 3 heterocycles. The smallest absolute Gasteiger partial charge is 0.137 e. The second-order valence-electron chi connectivity index (χ2n) is 6.50. The van der Waals surface area contributed by atoms with Gasteiger partial charge in [0.1, 0.15) is 5.65 Å². The number of hydrogen-bond acceptors (Lipinski definition) is 4. The van der Waals surface area contributed by atoms with E-state index in [1.165, 1.54) is 5.56 Å². The number of pyridine rings is 1. The number of aromatic nitrogens is 2. The Morgan fingerprint density at radius 2 is 1.54 bits per heavy atom. The van der Waals surface area contributed by atoms with Crippen molar-refractivity contribution in [2.75, 3.05) is 31.9 Å². The highest BCUT2D eigenvalue weighted by Gasteiger charge is 2.18. The first kappa shape index (κ1) is 15.2. The summed E-state index contributed by atoms with van der Waals surface area (Å²) in [5, 5.41) is 0. The van der Waals surface area contributed by atoms with Crippen LogP contribution < -0.4 is 5.73 Å². The number of nitrogens with zero attached hydrogens (tertiary/aromatic N) is 4. The van der Waals surface area contributed by atoms with Crippen LogP contribution in [0.4, 0.5) is 5.69 Å². The van der Waals surface area contributed by atoms with Crippen LogP contribution in [0.3, 0.4) is 0 Å². The number of piperazine rings is 1. The first-order valence-corrected chi connectivity index (χ1v) is 8.48. The lowest BCUT2D eigenvalue weighted by atomic mass is 10.2. The highest BCUT2D eigenvalue weighted by atomic mass is 15.3. The van der Waals surface area contributed by atoms with E-state index in [2.05, 4.69) is 51.3 Å². The molecule has 0 bridgehead atoms. The van der Waals surface area contributed by atoms with Gasteiger partial charge in [0, 0.05) is 57.3 Å². The van der Waals surface area contributed by atoms with E-state index in [0.29, 0.717) is 0 Å². The number of rotatable bonds is 4. The second kappa shape index (κ2) is 6.63. The lowest BCUT2D eigenvalue weighted by Gasteiger charge is -2.34. The highest BCUT2D eigenvalue weighted by molar-refractivity contribution is 5.48. The molecule has 0 unspecified atom stereocenters. The molecule has 0 radical (unpaired) electrons. The number of benzene rings is 1. The number of imidazole rings is 1. The Bertz CT molecular complexity index is 803. The average Bonchev–Trinajstić information content (AvgIpc) is 2.99. The minimum absolute atomic E-state index is 0.765. The van der Waals surface area contributed by atoms with Crippen molar-refractivity contribution in [3.63, 3.8) is 0 Å². The molecule has 0 spiro atoms. The fraction of sp³-hybridized carbons (Fsp3) is 0.316. The van der Waals surface area contributed by atoms with Crippen LogP contribution >= 0.6 is 0 Å². The van der Waals surface area contributed by atoms with Crippen LogP contribution in [0.2, 0.25) is 0 Å². The molecule has 0 aliphatic carbocycles. The molecule has 1 fully saturated rings. The maximum atomic E-state index is 5.83. The van der Waals surface area contributed by atoms with Crippen molar-refractivity contribution in [2.24, 2.45) is 0 Å². The van der Waals surface area contributed by atoms with E-state index in [9.17, 15) is 0 Å². The van der Waals surface area contributed by atoms with Gasteiger partial charge in [-0.1, -0.05) is 30.3 Å². The second-order valence-corrected chi connectivity index (χ2v) is 6.50. The van der Waals surface area contributed by atoms with E-state index >= 15 is 0 Å². The van der Waals surface area contributed by atoms with E-state index in [1.807, 2.05) is 22.7 Å². The van der Waals surface area contributed by atoms with Gasteiger partial charge in [0.05, 0.1) is 5.69 Å². The molecular weight excluding hydrogens is 298 g/mol. The van der Waals surface area contributed by atoms with Gasteiger partial charge in [-0.3, -0.25) is 9.80 Å². The topological polar surface area (TPSA) is 49.8 Å². The Morgan fingerprint density at radius 3 is 2.29 bits per heavy atom. The normalized spacial score (nSPS) is 16.7. The van der Waals surface area contributed by atoms with E-state index in [4.69, 9.17) is 5.73 Å². The Hall–Kier alpha value is -2.37. The predicted octanol–water partition coefficient (Wildman–Crippen LogP) is 2.23. The molecule has 1 aliphatic rings. The summed E-state index contributed by atoms with van der Waals surface area (Å²) in [7, 11) is 0. The zero-order valence-electron chi connectivity index (χ0n) is 13.8. The summed E-state index contributed by atoms with van der Waals surface area (Å²) in [6.07, 6.45) is 4.01. The van der Waals surface area contributed by atoms with Crippen molar-refractivity contribution >= 4 is 11.3 Å². The van der Waals surface area contributed by atoms with Crippen LogP contribution in [0.15, 0.2) is 54.9 Å². The Balaban J connectivity index is 1.34. The summed E-state index contributed by atoms with van der Waals surface area (Å²) in [4.78, 5) is 9.69. The van der Waals surface area contributed by atoms with E-state index in [0.717, 1.165) is 56.3 Å². The third kappa shape index (κ3) is 3.42. The summed E-state index contributed by atoms with van der Waals surface area (Å²) in [5.41, 5.74) is 10.1. The van der Waals surface area contributed by atoms with Gasteiger partial charge in [0.25, 0.3) is 0 Å². The predicted molar refractivity (Wildman–Crippen MR) is 96.6 cm³/mol. The van der Waals surface area contributed by atoms with Crippen LogP contribution in [-0.4, -0.2) is 45.4 Å². The monoisotopic (exact) mass is 321 g/mol. The van der Waals surface area contributed by atoms with Crippen molar-refractivity contribution in [1.29, 1.82) is 0 Å². The number of nitrogens with two attached hydrogens (primary N) is 1. The van der Waals surface area contributed by atoms with Crippen LogP contribution in [0.5, 0.6) is 0 Å². The molecule has 0 saturated carbocycles. The van der Waals surface area contributed by atoms with Gasteiger partial charge in [0.2, 0.25) is 0 Å². The largest absolute Gasteiger partial charge is 0.398 e. The zero-order chi connectivity index (χ0) is 16.4. The number of nitrogen functional groups attached to an aromatic ring is 1. The van der Waals surface area contributed by atoms with Gasteiger partial charge in [-0.15, -0.1) is 0 Å². The molecular formula is C19H23N5. The Kier molecular flexibility index (Phi) is 4.19. The lowest BCUT2D eigenvalue weighted by molar-refractivity contribution is 0.121. The molecule has 124 valence electrons. The molecule has 1 saturated heterocycles. The Morgan fingerprint density at radius 1 is 0.833 bits per heavy atom. The van der Waals surface area contributed by atoms with E-state index in [-0.39, 0.29) is 0 Å². The first-order chi connectivity index (χ1) is 11.8. The maximum absolute atomic E-state index is 5.83. The fourth-order valence-corrected chi connectivity index (χ4v) is 3.31. The first-order valence-electron chi connectivity index (χ1n) is 8.48. The third-order valence-electron chi connectivity index (χ3n) is 4.62. The average molecular weight is 321 g/mol. The van der Waals surface area contributed by atoms with Gasteiger partial charge in [-0.05, 0) is 17.7 Å². The molecule has 5 nitrogen and oxygen atoms in total. The van der Waals surface area contributed by atoms with Crippen molar-refractivity contribution in [3.05, 3.63) is 66.1 Å². The van der Waals surface area contributed by atoms with Crippen molar-refractivity contribution in [1.82, 2.24) is 19.2 Å². The summed E-state index contributed by atoms with van der Waals surface area (Å²) in [6.45, 7) is 6.33. The Labute approximate surface area is 142 Å². The quantitative estimate of drug-likeness (QED) is 0.801. The molecule has 1 aromatic carbocycles. The molecule has 2 N–H and O–H groups in total. The molecule has 2 aromatic heterocycles. The van der Waals surface area contributed by atoms with Crippen LogP contribution in [-0.2, 0) is 13.1 Å². The molecule has 0 amide bonds. The molecule has 4 rings (SSSR count). The van der Waals surface area contributed by atoms with Gasteiger partial charge >= 0.3 is 0 Å². The SMILES string of the molecule is Nc1ccc2nc(CN3CCN(Cc4ccccc4)CC3)cn2c1. The molecule has 3 aromatic rings. The van der Waals surface area contributed by atoms with Gasteiger partial charge < -0.3 is 10.1 Å². The zero-order valence-corrected chi connectivity index (χ0v) is 13.8. The van der Waals surface area contributed by atoms with Crippen molar-refractivity contribution in [2.45, 2.75) is 13.1 Å².